The SMILES string of the molecule is CC1(C)SCC1NC(=O)CCC=O. The molecule has 0 aromatic heterocycles. The van der Waals surface area contributed by atoms with Gasteiger partial charge in [-0.3, -0.25) is 4.79 Å². The number of amides is 1. The van der Waals surface area contributed by atoms with Crippen LogP contribution in [-0.2, 0) is 9.59 Å². The molecule has 1 fully saturated rings. The Morgan fingerprint density at radius 1 is 1.69 bits per heavy atom. The number of nitrogens with one attached hydrogen (secondary N) is 1. The van der Waals surface area contributed by atoms with Crippen LogP contribution < -0.4 is 5.32 Å². The number of hydrogen-bond acceptors (Lipinski definition) is 3. The van der Waals surface area contributed by atoms with Gasteiger partial charge >= 0.3 is 0 Å². The molecule has 4 heteroatoms. The molecule has 1 rings (SSSR count). The van der Waals surface area contributed by atoms with Crippen LogP contribution in [0.4, 0.5) is 0 Å². The maximum Gasteiger partial charge on any atom is 0.220 e. The third-order valence-corrected chi connectivity index (χ3v) is 3.81. The average molecular weight is 201 g/mol. The number of aldehydes is 1. The molecule has 1 unspecified atom stereocenters. The van der Waals surface area contributed by atoms with Crippen molar-refractivity contribution in [3.8, 4) is 0 Å². The normalized spacial score (nSPS) is 24.6. The van der Waals surface area contributed by atoms with Crippen LogP contribution in [-0.4, -0.2) is 28.7 Å². The number of carbonyl (C=O) groups is 2. The van der Waals surface area contributed by atoms with Gasteiger partial charge in [-0.2, -0.15) is 11.8 Å². The van der Waals surface area contributed by atoms with E-state index in [1.165, 1.54) is 0 Å². The van der Waals surface area contributed by atoms with E-state index in [0.717, 1.165) is 12.0 Å². The van der Waals surface area contributed by atoms with Crippen LogP contribution >= 0.6 is 11.8 Å². The first-order chi connectivity index (χ1) is 6.06. The molecular weight excluding hydrogens is 186 g/mol. The Morgan fingerprint density at radius 3 is 2.77 bits per heavy atom. The molecule has 1 saturated heterocycles. The lowest BCUT2D eigenvalue weighted by Crippen LogP contribution is -2.56. The molecule has 0 aromatic rings. The monoisotopic (exact) mass is 201 g/mol. The van der Waals surface area contributed by atoms with Crippen molar-refractivity contribution in [3.63, 3.8) is 0 Å². The van der Waals surface area contributed by atoms with Crippen molar-refractivity contribution >= 4 is 24.0 Å². The van der Waals surface area contributed by atoms with Crippen molar-refractivity contribution in [3.05, 3.63) is 0 Å². The summed E-state index contributed by atoms with van der Waals surface area (Å²) in [7, 11) is 0. The summed E-state index contributed by atoms with van der Waals surface area (Å²) in [6.07, 6.45) is 1.42. The molecule has 0 aliphatic carbocycles. The zero-order valence-electron chi connectivity index (χ0n) is 8.00. The van der Waals surface area contributed by atoms with E-state index in [-0.39, 0.29) is 16.7 Å². The van der Waals surface area contributed by atoms with Gasteiger partial charge in [0.2, 0.25) is 5.91 Å². The van der Waals surface area contributed by atoms with E-state index in [4.69, 9.17) is 0 Å². The first-order valence-electron chi connectivity index (χ1n) is 4.43. The van der Waals surface area contributed by atoms with Crippen molar-refractivity contribution in [2.75, 3.05) is 5.75 Å². The van der Waals surface area contributed by atoms with Crippen LogP contribution in [0.3, 0.4) is 0 Å². The van der Waals surface area contributed by atoms with Crippen molar-refractivity contribution in [1.29, 1.82) is 0 Å². The van der Waals surface area contributed by atoms with Crippen molar-refractivity contribution in [2.24, 2.45) is 0 Å². The van der Waals surface area contributed by atoms with Crippen molar-refractivity contribution < 1.29 is 9.59 Å². The van der Waals surface area contributed by atoms with Crippen LogP contribution in [0.2, 0.25) is 0 Å². The molecule has 1 N–H and O–H groups in total. The summed E-state index contributed by atoms with van der Waals surface area (Å²) in [6, 6.07) is 0.275. The molecule has 0 aromatic carbocycles. The highest BCUT2D eigenvalue weighted by atomic mass is 32.2. The zero-order valence-corrected chi connectivity index (χ0v) is 8.82. The van der Waals surface area contributed by atoms with Crippen LogP contribution in [0.15, 0.2) is 0 Å². The zero-order chi connectivity index (χ0) is 9.90. The van der Waals surface area contributed by atoms with E-state index in [1.807, 2.05) is 11.8 Å². The fourth-order valence-corrected chi connectivity index (χ4v) is 2.31. The van der Waals surface area contributed by atoms with Gasteiger partial charge < -0.3 is 10.1 Å². The lowest BCUT2D eigenvalue weighted by atomic mass is 10.0. The number of carbonyl (C=O) groups excluding carboxylic acids is 2. The van der Waals surface area contributed by atoms with Gasteiger partial charge in [-0.15, -0.1) is 0 Å². The van der Waals surface area contributed by atoms with Gasteiger partial charge in [-0.05, 0) is 13.8 Å². The Morgan fingerprint density at radius 2 is 2.38 bits per heavy atom. The molecule has 1 aliphatic heterocycles. The third-order valence-electron chi connectivity index (χ3n) is 2.29. The van der Waals surface area contributed by atoms with Gasteiger partial charge in [0.05, 0.1) is 6.04 Å². The molecule has 0 saturated carbocycles. The Balaban J connectivity index is 2.25. The maximum atomic E-state index is 11.2. The van der Waals surface area contributed by atoms with Crippen LogP contribution in [0.1, 0.15) is 26.7 Å². The van der Waals surface area contributed by atoms with Crippen LogP contribution in [0.5, 0.6) is 0 Å². The summed E-state index contributed by atoms with van der Waals surface area (Å²) in [6.45, 7) is 4.23. The van der Waals surface area contributed by atoms with E-state index in [0.29, 0.717) is 12.8 Å². The minimum absolute atomic E-state index is 0.00882. The minimum Gasteiger partial charge on any atom is -0.351 e. The Kier molecular flexibility index (Phi) is 3.36. The summed E-state index contributed by atoms with van der Waals surface area (Å²) in [5, 5.41) is 2.92. The van der Waals surface area contributed by atoms with Crippen molar-refractivity contribution in [1.82, 2.24) is 5.32 Å². The molecule has 1 atom stereocenters. The fourth-order valence-electron chi connectivity index (χ4n) is 1.17. The number of rotatable bonds is 4. The van der Waals surface area contributed by atoms with Gasteiger partial charge in [0.25, 0.3) is 0 Å². The molecule has 0 spiro atoms. The molecule has 1 amide bonds. The second-order valence-electron chi connectivity index (χ2n) is 3.74. The van der Waals surface area contributed by atoms with Gasteiger partial charge in [0.15, 0.2) is 0 Å². The Hall–Kier alpha value is -0.510. The summed E-state index contributed by atoms with van der Waals surface area (Å²) >= 11 is 1.85. The largest absolute Gasteiger partial charge is 0.351 e. The highest BCUT2D eigenvalue weighted by Crippen LogP contribution is 2.39. The highest BCUT2D eigenvalue weighted by Gasteiger charge is 2.40. The lowest BCUT2D eigenvalue weighted by molar-refractivity contribution is -0.123. The fraction of sp³-hybridized carbons (Fsp3) is 0.778. The first kappa shape index (κ1) is 10.6. The van der Waals surface area contributed by atoms with Gasteiger partial charge in [-0.1, -0.05) is 0 Å². The number of hydrogen-bond donors (Lipinski definition) is 1. The first-order valence-corrected chi connectivity index (χ1v) is 5.42. The summed E-state index contributed by atoms with van der Waals surface area (Å²) in [5.74, 6) is 0.977. The quantitative estimate of drug-likeness (QED) is 0.690. The third kappa shape index (κ3) is 2.72. The lowest BCUT2D eigenvalue weighted by Gasteiger charge is -2.43. The molecule has 0 radical (unpaired) electrons. The average Bonchev–Trinajstić information content (AvgIpc) is 2.09. The molecule has 1 aliphatic rings. The van der Waals surface area contributed by atoms with E-state index in [9.17, 15) is 9.59 Å². The predicted octanol–water partition coefficient (Wildman–Crippen LogP) is 0.976. The van der Waals surface area contributed by atoms with Gasteiger partial charge in [0, 0.05) is 23.3 Å². The molecule has 74 valence electrons. The standard InChI is InChI=1S/C9H15NO2S/c1-9(2)7(6-13-9)10-8(12)4-3-5-11/h5,7H,3-4,6H2,1-2H3,(H,10,12). The van der Waals surface area contributed by atoms with Gasteiger partial charge in [0.1, 0.15) is 6.29 Å². The molecule has 3 nitrogen and oxygen atoms in total. The van der Waals surface area contributed by atoms with E-state index < -0.39 is 0 Å². The molecular formula is C9H15NO2S. The number of thioether (sulfide) groups is 1. The molecule has 0 bridgehead atoms. The molecule has 1 heterocycles. The summed E-state index contributed by atoms with van der Waals surface area (Å²) in [5.41, 5.74) is 0. The van der Waals surface area contributed by atoms with E-state index in [1.54, 1.807) is 0 Å². The highest BCUT2D eigenvalue weighted by molar-refractivity contribution is 8.02. The predicted molar refractivity (Wildman–Crippen MR) is 53.8 cm³/mol. The van der Waals surface area contributed by atoms with Crippen LogP contribution in [0.25, 0.3) is 0 Å². The summed E-state index contributed by atoms with van der Waals surface area (Å²) < 4.78 is 0.164. The Bertz CT molecular complexity index is 216. The summed E-state index contributed by atoms with van der Waals surface area (Å²) in [4.78, 5) is 21.2. The van der Waals surface area contributed by atoms with E-state index >= 15 is 0 Å². The Labute approximate surface area is 82.6 Å². The van der Waals surface area contributed by atoms with Crippen molar-refractivity contribution in [2.45, 2.75) is 37.5 Å². The van der Waals surface area contributed by atoms with E-state index in [2.05, 4.69) is 19.2 Å². The van der Waals surface area contributed by atoms with Crippen LogP contribution in [0, 0.1) is 0 Å². The maximum absolute atomic E-state index is 11.2. The minimum atomic E-state index is -0.00882. The smallest absolute Gasteiger partial charge is 0.220 e. The van der Waals surface area contributed by atoms with Gasteiger partial charge in [-0.25, -0.2) is 0 Å². The second-order valence-corrected chi connectivity index (χ2v) is 5.41. The molecule has 13 heavy (non-hydrogen) atoms. The topological polar surface area (TPSA) is 46.2 Å². The second kappa shape index (κ2) is 4.13.